The third kappa shape index (κ3) is 7.14. The number of carbonyl (C=O) groups excluding carboxylic acids is 3. The van der Waals surface area contributed by atoms with Gasteiger partial charge in [-0.05, 0) is 43.4 Å². The highest BCUT2D eigenvalue weighted by Crippen LogP contribution is 2.19. The molecule has 4 N–H and O–H groups in total. The van der Waals surface area contributed by atoms with E-state index in [1.54, 1.807) is 6.07 Å². The predicted molar refractivity (Wildman–Crippen MR) is 119 cm³/mol. The normalized spacial score (nSPS) is 16.1. The Morgan fingerprint density at radius 1 is 1.29 bits per heavy atom. The topological polar surface area (TPSA) is 127 Å². The van der Waals surface area contributed by atoms with Crippen LogP contribution in [0, 0.1) is 30.1 Å². The molecule has 1 fully saturated rings. The molecule has 1 aromatic carbocycles. The molecule has 0 bridgehead atoms. The van der Waals surface area contributed by atoms with E-state index in [4.69, 9.17) is 0 Å². The molecule has 8 heteroatoms. The zero-order valence-electron chi connectivity index (χ0n) is 18.5. The average Bonchev–Trinajstić information content (AvgIpc) is 3.32. The number of hydrogen-bond donors (Lipinski definition) is 4. The highest BCUT2D eigenvalue weighted by atomic mass is 16.2. The van der Waals surface area contributed by atoms with Crippen LogP contribution in [-0.2, 0) is 9.59 Å². The molecule has 2 aromatic rings. The molecule has 1 aromatic heterocycles. The molecule has 2 unspecified atom stereocenters. The minimum absolute atomic E-state index is 0.0908. The van der Waals surface area contributed by atoms with E-state index in [1.807, 2.05) is 31.2 Å². The molecule has 31 heavy (non-hydrogen) atoms. The van der Waals surface area contributed by atoms with Gasteiger partial charge in [0.05, 0.1) is 12.6 Å². The Labute approximate surface area is 182 Å². The van der Waals surface area contributed by atoms with E-state index in [1.165, 1.54) is 0 Å². The standard InChI is InChI=1S/C19H21N5O3.C4H10/c1-11-3-2-4-15-14(11)8-16(24-15)19(27)22-10-17(25)23-13(9-20)7-12-5-6-21-18(12)26;1-4(2)3/h2-4,8,12-13,24H,5-7,10H2,1H3,(H,21,26)(H,22,27)(H,23,25);4H,1-3H3. The number of amides is 3. The van der Waals surface area contributed by atoms with E-state index in [-0.39, 0.29) is 24.8 Å². The maximum atomic E-state index is 12.3. The van der Waals surface area contributed by atoms with Crippen molar-refractivity contribution in [2.45, 2.75) is 46.6 Å². The maximum absolute atomic E-state index is 12.3. The van der Waals surface area contributed by atoms with Crippen LogP contribution in [0.2, 0.25) is 0 Å². The number of rotatable bonds is 6. The van der Waals surface area contributed by atoms with Crippen molar-refractivity contribution < 1.29 is 14.4 Å². The lowest BCUT2D eigenvalue weighted by molar-refractivity contribution is -0.124. The molecule has 2 heterocycles. The Kier molecular flexibility index (Phi) is 8.62. The molecule has 0 aliphatic carbocycles. The first-order chi connectivity index (χ1) is 14.7. The molecule has 1 aliphatic rings. The molecule has 8 nitrogen and oxygen atoms in total. The van der Waals surface area contributed by atoms with Gasteiger partial charge in [0, 0.05) is 23.4 Å². The van der Waals surface area contributed by atoms with Gasteiger partial charge in [0.1, 0.15) is 11.7 Å². The van der Waals surface area contributed by atoms with Gasteiger partial charge < -0.3 is 20.9 Å². The van der Waals surface area contributed by atoms with E-state index in [9.17, 15) is 19.6 Å². The summed E-state index contributed by atoms with van der Waals surface area (Å²) in [4.78, 5) is 38.9. The number of nitrogens with one attached hydrogen (secondary N) is 4. The second-order valence-corrected chi connectivity index (χ2v) is 8.40. The van der Waals surface area contributed by atoms with Crippen molar-refractivity contribution in [3.63, 3.8) is 0 Å². The first kappa shape index (κ1) is 23.9. The van der Waals surface area contributed by atoms with Gasteiger partial charge in [-0.3, -0.25) is 14.4 Å². The van der Waals surface area contributed by atoms with Gasteiger partial charge in [-0.15, -0.1) is 0 Å². The number of aryl methyl sites for hydroxylation is 1. The van der Waals surface area contributed by atoms with Crippen LogP contribution in [-0.4, -0.2) is 41.8 Å². The van der Waals surface area contributed by atoms with Gasteiger partial charge >= 0.3 is 0 Å². The molecule has 166 valence electrons. The monoisotopic (exact) mass is 425 g/mol. The third-order valence-electron chi connectivity index (χ3n) is 4.71. The van der Waals surface area contributed by atoms with E-state index in [0.29, 0.717) is 18.7 Å². The number of fused-ring (bicyclic) bond motifs is 1. The first-order valence-corrected chi connectivity index (χ1v) is 10.5. The molecule has 0 saturated carbocycles. The number of nitriles is 1. The minimum atomic E-state index is -0.765. The largest absolute Gasteiger partial charge is 0.356 e. The summed E-state index contributed by atoms with van der Waals surface area (Å²) in [6.07, 6.45) is 0.923. The van der Waals surface area contributed by atoms with Crippen LogP contribution in [0.15, 0.2) is 24.3 Å². The van der Waals surface area contributed by atoms with Crippen LogP contribution in [0.3, 0.4) is 0 Å². The smallest absolute Gasteiger partial charge is 0.268 e. The second-order valence-electron chi connectivity index (χ2n) is 8.40. The number of aromatic nitrogens is 1. The van der Waals surface area contributed by atoms with Crippen molar-refractivity contribution in [3.8, 4) is 6.07 Å². The van der Waals surface area contributed by atoms with E-state index < -0.39 is 17.9 Å². The molecular weight excluding hydrogens is 394 g/mol. The first-order valence-electron chi connectivity index (χ1n) is 10.5. The van der Waals surface area contributed by atoms with Crippen LogP contribution < -0.4 is 16.0 Å². The summed E-state index contributed by atoms with van der Waals surface area (Å²) < 4.78 is 0. The van der Waals surface area contributed by atoms with Crippen molar-refractivity contribution in [1.82, 2.24) is 20.9 Å². The molecule has 3 amide bonds. The Morgan fingerprint density at radius 2 is 2.00 bits per heavy atom. The number of benzene rings is 1. The predicted octanol–water partition coefficient (Wildman–Crippen LogP) is 2.40. The quantitative estimate of drug-likeness (QED) is 0.567. The van der Waals surface area contributed by atoms with Crippen LogP contribution >= 0.6 is 0 Å². The van der Waals surface area contributed by atoms with Gasteiger partial charge in [-0.2, -0.15) is 5.26 Å². The van der Waals surface area contributed by atoms with Crippen molar-refractivity contribution in [2.24, 2.45) is 11.8 Å². The lowest BCUT2D eigenvalue weighted by Gasteiger charge is -2.14. The summed E-state index contributed by atoms with van der Waals surface area (Å²) in [6.45, 7) is 8.80. The number of nitrogens with zero attached hydrogens (tertiary/aromatic N) is 1. The summed E-state index contributed by atoms with van der Waals surface area (Å²) in [7, 11) is 0. The van der Waals surface area contributed by atoms with Crippen molar-refractivity contribution in [1.29, 1.82) is 5.26 Å². The van der Waals surface area contributed by atoms with Crippen molar-refractivity contribution in [2.75, 3.05) is 13.1 Å². The average molecular weight is 426 g/mol. The van der Waals surface area contributed by atoms with Gasteiger partial charge in [-0.1, -0.05) is 32.9 Å². The Hall–Kier alpha value is -3.34. The Balaban J connectivity index is 0.000000785. The Morgan fingerprint density at radius 3 is 2.58 bits per heavy atom. The van der Waals surface area contributed by atoms with Gasteiger partial charge in [0.25, 0.3) is 5.91 Å². The summed E-state index contributed by atoms with van der Waals surface area (Å²) in [5, 5.41) is 17.9. The van der Waals surface area contributed by atoms with Crippen molar-refractivity contribution >= 4 is 28.6 Å². The number of H-pyrrole nitrogens is 1. The lowest BCUT2D eigenvalue weighted by Crippen LogP contribution is -2.42. The number of hydrogen-bond acceptors (Lipinski definition) is 4. The molecule has 1 aliphatic heterocycles. The molecule has 0 radical (unpaired) electrons. The van der Waals surface area contributed by atoms with Gasteiger partial charge in [0.2, 0.25) is 11.8 Å². The van der Waals surface area contributed by atoms with E-state index in [0.717, 1.165) is 22.4 Å². The lowest BCUT2D eigenvalue weighted by atomic mass is 9.99. The summed E-state index contributed by atoms with van der Waals surface area (Å²) in [5.41, 5.74) is 2.27. The summed E-state index contributed by atoms with van der Waals surface area (Å²) in [5.74, 6) is -0.393. The number of aromatic amines is 1. The molecular formula is C23H31N5O3. The van der Waals surface area contributed by atoms with Crippen molar-refractivity contribution in [3.05, 3.63) is 35.5 Å². The fourth-order valence-electron chi connectivity index (χ4n) is 3.23. The molecule has 1 saturated heterocycles. The molecule has 3 rings (SSSR count). The van der Waals surface area contributed by atoms with Gasteiger partial charge in [-0.25, -0.2) is 0 Å². The summed E-state index contributed by atoms with van der Waals surface area (Å²) in [6, 6.07) is 8.71. The Bertz CT molecular complexity index is 970. The van der Waals surface area contributed by atoms with E-state index in [2.05, 4.69) is 41.7 Å². The minimum Gasteiger partial charge on any atom is -0.356 e. The summed E-state index contributed by atoms with van der Waals surface area (Å²) >= 11 is 0. The van der Waals surface area contributed by atoms with Gasteiger partial charge in [0.15, 0.2) is 0 Å². The third-order valence-corrected chi connectivity index (χ3v) is 4.71. The zero-order chi connectivity index (χ0) is 23.0. The highest BCUT2D eigenvalue weighted by molar-refractivity contribution is 6.00. The highest BCUT2D eigenvalue weighted by Gasteiger charge is 2.27. The zero-order valence-corrected chi connectivity index (χ0v) is 18.5. The van der Waals surface area contributed by atoms with E-state index >= 15 is 0 Å². The van der Waals surface area contributed by atoms with Crippen LogP contribution in [0.1, 0.15) is 49.7 Å². The fraction of sp³-hybridized carbons (Fsp3) is 0.478. The second kappa shape index (κ2) is 11.2. The fourth-order valence-corrected chi connectivity index (χ4v) is 3.23. The van der Waals surface area contributed by atoms with Crippen LogP contribution in [0.4, 0.5) is 0 Å². The van der Waals surface area contributed by atoms with Crippen LogP contribution in [0.5, 0.6) is 0 Å². The molecule has 2 atom stereocenters. The molecule has 0 spiro atoms. The SMILES string of the molecule is CC(C)C.Cc1cccc2[nH]c(C(=O)NCC(=O)NC(C#N)CC3CCNC3=O)cc12. The maximum Gasteiger partial charge on any atom is 0.268 e. The number of carbonyl (C=O) groups is 3. The van der Waals surface area contributed by atoms with Crippen LogP contribution in [0.25, 0.3) is 10.9 Å².